The van der Waals surface area contributed by atoms with Gasteiger partial charge >= 0.3 is 11.7 Å². The second-order valence-electron chi connectivity index (χ2n) is 13.2. The van der Waals surface area contributed by atoms with E-state index in [1.54, 1.807) is 16.4 Å². The van der Waals surface area contributed by atoms with Crippen LogP contribution >= 0.6 is 31.9 Å². The van der Waals surface area contributed by atoms with Crippen molar-refractivity contribution in [2.75, 3.05) is 58.1 Å². The molecule has 6 rings (SSSR count). The van der Waals surface area contributed by atoms with Crippen molar-refractivity contribution in [2.24, 2.45) is 0 Å². The molecule has 0 bridgehead atoms. The minimum Gasteiger partial charge on any atom is -0.397 e. The van der Waals surface area contributed by atoms with E-state index >= 15 is 0 Å². The molecule has 3 aliphatic heterocycles. The van der Waals surface area contributed by atoms with Gasteiger partial charge in [0, 0.05) is 92.9 Å². The zero-order valence-corrected chi connectivity index (χ0v) is 30.9. The van der Waals surface area contributed by atoms with E-state index in [9.17, 15) is 19.2 Å². The zero-order valence-electron chi connectivity index (χ0n) is 27.7. The number of carbonyl (C=O) groups excluding carboxylic acids is 3. The second-order valence-corrected chi connectivity index (χ2v) is 15.0. The highest BCUT2D eigenvalue weighted by Gasteiger charge is 2.34. The van der Waals surface area contributed by atoms with Crippen LogP contribution in [0.2, 0.25) is 0 Å². The van der Waals surface area contributed by atoms with Gasteiger partial charge in [0.15, 0.2) is 0 Å². The number of halogens is 2. The minimum absolute atomic E-state index is 0.0288. The van der Waals surface area contributed by atoms with Gasteiger partial charge in [0.05, 0.1) is 11.4 Å². The molecule has 0 aliphatic carbocycles. The first-order valence-corrected chi connectivity index (χ1v) is 18.6. The number of carbonyl (C=O) groups is 3. The third-order valence-corrected chi connectivity index (χ3v) is 11.5. The topological polar surface area (TPSA) is 140 Å². The minimum atomic E-state index is -0.760. The maximum Gasteiger partial charge on any atom is 0.326 e. The Labute approximate surface area is 303 Å². The molecule has 3 aromatic rings. The molecule has 0 unspecified atom stereocenters. The second kappa shape index (κ2) is 15.5. The van der Waals surface area contributed by atoms with Crippen LogP contribution in [0.5, 0.6) is 0 Å². The average Bonchev–Trinajstić information content (AvgIpc) is 3.51. The molecular weight excluding hydrogens is 756 g/mol. The fourth-order valence-electron chi connectivity index (χ4n) is 7.30. The number of urea groups is 1. The maximum absolute atomic E-state index is 14.1. The summed E-state index contributed by atoms with van der Waals surface area (Å²) >= 11 is 7.03. The van der Waals surface area contributed by atoms with Crippen LogP contribution in [-0.2, 0) is 16.0 Å². The number of nitrogen functional groups attached to an aromatic ring is 1. The molecule has 1 aromatic heterocycles. The van der Waals surface area contributed by atoms with Gasteiger partial charge in [-0.25, -0.2) is 9.59 Å². The van der Waals surface area contributed by atoms with Crippen molar-refractivity contribution < 1.29 is 14.4 Å². The van der Waals surface area contributed by atoms with Crippen molar-refractivity contribution in [1.29, 1.82) is 0 Å². The lowest BCUT2D eigenvalue weighted by molar-refractivity contribution is -0.136. The summed E-state index contributed by atoms with van der Waals surface area (Å²) in [6.07, 6.45) is 5.14. The number of piperazine rings is 1. The zero-order chi connectivity index (χ0) is 34.7. The van der Waals surface area contributed by atoms with E-state index in [4.69, 9.17) is 5.73 Å². The number of rotatable bonds is 7. The van der Waals surface area contributed by atoms with Gasteiger partial charge in [-0.15, -0.1) is 0 Å². The molecule has 3 aliphatic rings. The molecule has 0 spiro atoms. The summed E-state index contributed by atoms with van der Waals surface area (Å²) in [5.74, 6) is 0.0192. The van der Waals surface area contributed by atoms with Crippen molar-refractivity contribution in [3.63, 3.8) is 0 Å². The highest BCUT2D eigenvalue weighted by atomic mass is 79.9. The Morgan fingerprint density at radius 2 is 1.45 bits per heavy atom. The van der Waals surface area contributed by atoms with E-state index in [2.05, 4.69) is 47.1 Å². The van der Waals surface area contributed by atoms with Crippen LogP contribution in [0.25, 0.3) is 11.3 Å². The molecule has 4 amide bonds. The number of imidazole rings is 1. The predicted molar refractivity (Wildman–Crippen MR) is 196 cm³/mol. The molecule has 2 aromatic carbocycles. The van der Waals surface area contributed by atoms with E-state index in [0.29, 0.717) is 57.2 Å². The number of hydrogen-bond donors (Lipinski definition) is 3. The Hall–Kier alpha value is -3.62. The van der Waals surface area contributed by atoms with Gasteiger partial charge in [-0.3, -0.25) is 19.1 Å². The quantitative estimate of drug-likeness (QED) is 0.308. The Kier molecular flexibility index (Phi) is 11.1. The Morgan fingerprint density at radius 3 is 2.06 bits per heavy atom. The molecule has 14 heteroatoms. The lowest BCUT2D eigenvalue weighted by Crippen LogP contribution is -2.57. The molecular formula is C35H44Br2N8O4. The number of benzene rings is 2. The number of hydrogen-bond acceptors (Lipinski definition) is 6. The van der Waals surface area contributed by atoms with E-state index in [1.165, 1.54) is 0 Å². The molecule has 262 valence electrons. The Balaban J connectivity index is 1.09. The highest BCUT2D eigenvalue weighted by Crippen LogP contribution is 2.31. The number of amides is 4. The molecule has 12 nitrogen and oxygen atoms in total. The van der Waals surface area contributed by atoms with Crippen LogP contribution in [0, 0.1) is 0 Å². The summed E-state index contributed by atoms with van der Waals surface area (Å²) < 4.78 is 3.18. The summed E-state index contributed by atoms with van der Waals surface area (Å²) in [4.78, 5) is 63.3. The van der Waals surface area contributed by atoms with Crippen LogP contribution in [-0.4, -0.2) is 111 Å². The molecule has 1 atom stereocenters. The first-order chi connectivity index (χ1) is 23.6. The lowest BCUT2D eigenvalue weighted by atomic mass is 9.99. The first-order valence-electron chi connectivity index (χ1n) is 17.0. The number of aromatic amines is 1. The molecule has 49 heavy (non-hydrogen) atoms. The number of anilines is 1. The number of nitrogens with zero attached hydrogens (tertiary/aromatic N) is 5. The van der Waals surface area contributed by atoms with Crippen LogP contribution in [0.4, 0.5) is 10.5 Å². The van der Waals surface area contributed by atoms with Crippen LogP contribution < -0.4 is 16.7 Å². The molecule has 4 heterocycles. The van der Waals surface area contributed by atoms with Crippen molar-refractivity contribution in [3.8, 4) is 11.3 Å². The van der Waals surface area contributed by atoms with Gasteiger partial charge in [0.25, 0.3) is 0 Å². The summed E-state index contributed by atoms with van der Waals surface area (Å²) in [6, 6.07) is 12.8. The number of aromatic nitrogens is 2. The Morgan fingerprint density at radius 1 is 0.857 bits per heavy atom. The van der Waals surface area contributed by atoms with Gasteiger partial charge in [-0.1, -0.05) is 30.3 Å². The molecule has 0 radical (unpaired) electrons. The fraction of sp³-hybridized carbons (Fsp3) is 0.486. The van der Waals surface area contributed by atoms with Crippen molar-refractivity contribution >= 4 is 55.4 Å². The van der Waals surface area contributed by atoms with Crippen LogP contribution in [0.1, 0.15) is 44.2 Å². The molecule has 3 fully saturated rings. The third kappa shape index (κ3) is 8.24. The van der Waals surface area contributed by atoms with Crippen molar-refractivity contribution in [1.82, 2.24) is 34.5 Å². The van der Waals surface area contributed by atoms with E-state index in [0.717, 1.165) is 64.8 Å². The van der Waals surface area contributed by atoms with Crippen molar-refractivity contribution in [2.45, 2.75) is 57.2 Å². The predicted octanol–water partition coefficient (Wildman–Crippen LogP) is 4.06. The average molecular weight is 801 g/mol. The normalized spacial score (nSPS) is 18.8. The van der Waals surface area contributed by atoms with E-state index in [1.807, 2.05) is 58.5 Å². The smallest absolute Gasteiger partial charge is 0.326 e. The number of nitrogens with one attached hydrogen (secondary N) is 2. The lowest BCUT2D eigenvalue weighted by Gasteiger charge is -2.43. The van der Waals surface area contributed by atoms with Gasteiger partial charge in [-0.05, 0) is 80.8 Å². The maximum atomic E-state index is 14.1. The summed E-state index contributed by atoms with van der Waals surface area (Å²) in [6.45, 7) is 6.95. The number of piperidine rings is 2. The molecule has 4 N–H and O–H groups in total. The van der Waals surface area contributed by atoms with Gasteiger partial charge in [-0.2, -0.15) is 0 Å². The largest absolute Gasteiger partial charge is 0.397 e. The van der Waals surface area contributed by atoms with Crippen LogP contribution in [0.15, 0.2) is 62.4 Å². The van der Waals surface area contributed by atoms with Gasteiger partial charge in [0.1, 0.15) is 6.04 Å². The third-order valence-electron chi connectivity index (χ3n) is 10.2. The highest BCUT2D eigenvalue weighted by molar-refractivity contribution is 9.11. The Bertz CT molecular complexity index is 1680. The number of nitrogens with two attached hydrogens (primary N) is 1. The van der Waals surface area contributed by atoms with E-state index in [-0.39, 0.29) is 29.6 Å². The number of H-pyrrole nitrogens is 1. The monoisotopic (exact) mass is 798 g/mol. The van der Waals surface area contributed by atoms with Gasteiger partial charge < -0.3 is 30.7 Å². The van der Waals surface area contributed by atoms with Crippen molar-refractivity contribution in [3.05, 3.63) is 73.7 Å². The van der Waals surface area contributed by atoms with Crippen LogP contribution in [0.3, 0.4) is 0 Å². The fourth-order valence-corrected chi connectivity index (χ4v) is 8.58. The molecule has 3 saturated heterocycles. The van der Waals surface area contributed by atoms with E-state index < -0.39 is 6.04 Å². The summed E-state index contributed by atoms with van der Waals surface area (Å²) in [5.41, 5.74) is 9.13. The van der Waals surface area contributed by atoms with Gasteiger partial charge in [0.2, 0.25) is 11.8 Å². The first kappa shape index (κ1) is 35.2. The standard InChI is InChI=1S/C35H44Br2N8O4/c1-23(46)41-15-17-42(18-16-41)26-7-11-43(12-8-26)33(47)30(21-24-19-28(36)32(38)29(37)20-24)39-34(48)44-13-9-27(10-14-44)45-22-31(40-35(45)49)25-5-3-2-4-6-25/h2-6,19-20,22,26-27,30H,7-18,21,38H2,1H3,(H,39,48)(H,40,49)/t30-/m0/s1. The number of likely N-dealkylation sites (tertiary alicyclic amines) is 2. The SMILES string of the molecule is CC(=O)N1CCN(C2CCN(C(=O)[C@H](Cc3cc(Br)c(N)c(Br)c3)NC(=O)N3CCC(n4cc(-c5ccccc5)[nH]c4=O)CC3)CC2)CC1. The summed E-state index contributed by atoms with van der Waals surface area (Å²) in [5, 5.41) is 3.08. The summed E-state index contributed by atoms with van der Waals surface area (Å²) in [7, 11) is 0. The molecule has 0 saturated carbocycles.